The summed E-state index contributed by atoms with van der Waals surface area (Å²) in [6, 6.07) is 10.8. The van der Waals surface area contributed by atoms with Gasteiger partial charge in [0.1, 0.15) is 17.7 Å². The largest absolute Gasteiger partial charge is 0.370 e. The van der Waals surface area contributed by atoms with Gasteiger partial charge in [-0.15, -0.1) is 0 Å². The molecule has 2 rings (SSSR count). The fourth-order valence-electron chi connectivity index (χ4n) is 1.77. The molecule has 3 nitrogen and oxygen atoms in total. The first-order chi connectivity index (χ1) is 9.06. The monoisotopic (exact) mass is 262 g/mol. The Bertz CT molecular complexity index is 567. The minimum Gasteiger partial charge on any atom is -0.370 e. The van der Waals surface area contributed by atoms with Gasteiger partial charge in [0.25, 0.3) is 0 Å². The van der Waals surface area contributed by atoms with Crippen molar-refractivity contribution in [1.29, 1.82) is 0 Å². The molecular formula is C14H12F2N2O. The van der Waals surface area contributed by atoms with Crippen molar-refractivity contribution in [3.05, 3.63) is 65.7 Å². The van der Waals surface area contributed by atoms with E-state index in [4.69, 9.17) is 5.73 Å². The Morgan fingerprint density at radius 2 is 1.63 bits per heavy atom. The second kappa shape index (κ2) is 5.48. The predicted molar refractivity (Wildman–Crippen MR) is 68.4 cm³/mol. The Hall–Kier alpha value is -2.43. The van der Waals surface area contributed by atoms with Crippen LogP contribution in [-0.2, 0) is 4.79 Å². The van der Waals surface area contributed by atoms with Gasteiger partial charge in [0.15, 0.2) is 0 Å². The third-order valence-electron chi connectivity index (χ3n) is 2.59. The molecule has 0 fully saturated rings. The number of anilines is 1. The van der Waals surface area contributed by atoms with E-state index < -0.39 is 23.6 Å². The number of benzene rings is 2. The first-order valence-electron chi connectivity index (χ1n) is 5.63. The standard InChI is InChI=1S/C14H12F2N2O/c15-10-6-11(16)8-12(7-10)18-13(14(17)19)9-4-2-1-3-5-9/h1-8,13,18H,(H2,17,19)/t13-/m1/s1. The van der Waals surface area contributed by atoms with Crippen LogP contribution >= 0.6 is 0 Å². The van der Waals surface area contributed by atoms with Crippen molar-refractivity contribution in [2.45, 2.75) is 6.04 Å². The number of nitrogens with two attached hydrogens (primary N) is 1. The van der Waals surface area contributed by atoms with E-state index in [-0.39, 0.29) is 5.69 Å². The topological polar surface area (TPSA) is 55.1 Å². The molecule has 2 aromatic rings. The van der Waals surface area contributed by atoms with Crippen molar-refractivity contribution in [3.63, 3.8) is 0 Å². The highest BCUT2D eigenvalue weighted by Crippen LogP contribution is 2.21. The molecule has 19 heavy (non-hydrogen) atoms. The van der Waals surface area contributed by atoms with Crippen LogP contribution in [0, 0.1) is 11.6 Å². The summed E-state index contributed by atoms with van der Waals surface area (Å²) in [6.07, 6.45) is 0. The summed E-state index contributed by atoms with van der Waals surface area (Å²) >= 11 is 0. The van der Waals surface area contributed by atoms with Crippen LogP contribution in [0.3, 0.4) is 0 Å². The van der Waals surface area contributed by atoms with Crippen LogP contribution in [0.1, 0.15) is 11.6 Å². The van der Waals surface area contributed by atoms with Crippen molar-refractivity contribution in [2.75, 3.05) is 5.32 Å². The van der Waals surface area contributed by atoms with E-state index in [1.54, 1.807) is 30.3 Å². The molecule has 0 heterocycles. The van der Waals surface area contributed by atoms with Crippen molar-refractivity contribution in [3.8, 4) is 0 Å². The third kappa shape index (κ3) is 3.28. The van der Waals surface area contributed by atoms with Crippen molar-refractivity contribution in [1.82, 2.24) is 0 Å². The van der Waals surface area contributed by atoms with Crippen LogP contribution in [-0.4, -0.2) is 5.91 Å². The molecule has 0 radical (unpaired) electrons. The Balaban J connectivity index is 2.29. The first kappa shape index (κ1) is 13.0. The molecule has 0 saturated heterocycles. The molecule has 0 unspecified atom stereocenters. The number of hydrogen-bond donors (Lipinski definition) is 2. The molecule has 3 N–H and O–H groups in total. The van der Waals surface area contributed by atoms with Gasteiger partial charge in [0.2, 0.25) is 5.91 Å². The van der Waals surface area contributed by atoms with Gasteiger partial charge in [-0.1, -0.05) is 30.3 Å². The number of carbonyl (C=O) groups excluding carboxylic acids is 1. The lowest BCUT2D eigenvalue weighted by atomic mass is 10.1. The molecule has 0 aliphatic carbocycles. The quantitative estimate of drug-likeness (QED) is 0.889. The highest BCUT2D eigenvalue weighted by Gasteiger charge is 2.17. The molecule has 1 amide bonds. The maximum absolute atomic E-state index is 13.1. The van der Waals surface area contributed by atoms with Crippen LogP contribution in [0.15, 0.2) is 48.5 Å². The van der Waals surface area contributed by atoms with Crippen molar-refractivity contribution >= 4 is 11.6 Å². The Morgan fingerprint density at radius 3 is 2.16 bits per heavy atom. The number of halogens is 2. The van der Waals surface area contributed by atoms with E-state index in [0.29, 0.717) is 5.56 Å². The zero-order valence-corrected chi connectivity index (χ0v) is 9.94. The number of carbonyl (C=O) groups is 1. The van der Waals surface area contributed by atoms with Crippen LogP contribution in [0.2, 0.25) is 0 Å². The van der Waals surface area contributed by atoms with Crippen LogP contribution < -0.4 is 11.1 Å². The number of primary amides is 1. The van der Waals surface area contributed by atoms with E-state index in [0.717, 1.165) is 18.2 Å². The van der Waals surface area contributed by atoms with Crippen molar-refractivity contribution in [2.24, 2.45) is 5.73 Å². The lowest BCUT2D eigenvalue weighted by Crippen LogP contribution is -2.27. The van der Waals surface area contributed by atoms with Crippen molar-refractivity contribution < 1.29 is 13.6 Å². The van der Waals surface area contributed by atoms with Gasteiger partial charge in [-0.3, -0.25) is 4.79 Å². The smallest absolute Gasteiger partial charge is 0.244 e. The first-order valence-corrected chi connectivity index (χ1v) is 5.63. The van der Waals surface area contributed by atoms with Crippen LogP contribution in [0.5, 0.6) is 0 Å². The van der Waals surface area contributed by atoms with E-state index in [9.17, 15) is 13.6 Å². The second-order valence-corrected chi connectivity index (χ2v) is 4.05. The minimum absolute atomic E-state index is 0.158. The molecule has 0 spiro atoms. The zero-order chi connectivity index (χ0) is 13.8. The molecule has 5 heteroatoms. The number of rotatable bonds is 4. The van der Waals surface area contributed by atoms with Crippen LogP contribution in [0.4, 0.5) is 14.5 Å². The summed E-state index contributed by atoms with van der Waals surface area (Å²) in [7, 11) is 0. The molecule has 0 aliphatic rings. The average Bonchev–Trinajstić information content (AvgIpc) is 2.35. The van der Waals surface area contributed by atoms with Gasteiger partial charge in [-0.25, -0.2) is 8.78 Å². The second-order valence-electron chi connectivity index (χ2n) is 4.05. The van der Waals surface area contributed by atoms with Crippen LogP contribution in [0.25, 0.3) is 0 Å². The fourth-order valence-corrected chi connectivity index (χ4v) is 1.77. The fraction of sp³-hybridized carbons (Fsp3) is 0.0714. The average molecular weight is 262 g/mol. The number of amides is 1. The Kier molecular flexibility index (Phi) is 3.75. The summed E-state index contributed by atoms with van der Waals surface area (Å²) in [4.78, 5) is 11.4. The van der Waals surface area contributed by atoms with Gasteiger partial charge < -0.3 is 11.1 Å². The zero-order valence-electron chi connectivity index (χ0n) is 9.94. The lowest BCUT2D eigenvalue weighted by molar-refractivity contribution is -0.118. The molecule has 98 valence electrons. The summed E-state index contributed by atoms with van der Waals surface area (Å²) in [6.45, 7) is 0. The summed E-state index contributed by atoms with van der Waals surface area (Å²) in [5, 5.41) is 2.72. The van der Waals surface area contributed by atoms with E-state index in [1.165, 1.54) is 0 Å². The van der Waals surface area contributed by atoms with E-state index >= 15 is 0 Å². The maximum Gasteiger partial charge on any atom is 0.244 e. The SMILES string of the molecule is NC(=O)[C@H](Nc1cc(F)cc(F)c1)c1ccccc1. The molecular weight excluding hydrogens is 250 g/mol. The number of nitrogens with one attached hydrogen (secondary N) is 1. The van der Waals surface area contributed by atoms with E-state index in [2.05, 4.69) is 5.32 Å². The molecule has 2 aromatic carbocycles. The van der Waals surface area contributed by atoms with Gasteiger partial charge >= 0.3 is 0 Å². The highest BCUT2D eigenvalue weighted by atomic mass is 19.1. The maximum atomic E-state index is 13.1. The normalized spacial score (nSPS) is 11.9. The summed E-state index contributed by atoms with van der Waals surface area (Å²) < 4.78 is 26.2. The van der Waals surface area contributed by atoms with Gasteiger partial charge in [-0.05, 0) is 17.7 Å². The Morgan fingerprint density at radius 1 is 1.05 bits per heavy atom. The Labute approximate surface area is 109 Å². The highest BCUT2D eigenvalue weighted by molar-refractivity contribution is 5.84. The van der Waals surface area contributed by atoms with E-state index in [1.807, 2.05) is 0 Å². The lowest BCUT2D eigenvalue weighted by Gasteiger charge is -2.17. The van der Waals surface area contributed by atoms with Gasteiger partial charge in [0, 0.05) is 11.8 Å². The third-order valence-corrected chi connectivity index (χ3v) is 2.59. The molecule has 0 aliphatic heterocycles. The summed E-state index contributed by atoms with van der Waals surface area (Å²) in [5.74, 6) is -2.08. The van der Waals surface area contributed by atoms with Gasteiger partial charge in [-0.2, -0.15) is 0 Å². The molecule has 0 bridgehead atoms. The molecule has 0 saturated carbocycles. The predicted octanol–water partition coefficient (Wildman–Crippen LogP) is 2.60. The number of hydrogen-bond acceptors (Lipinski definition) is 2. The van der Waals surface area contributed by atoms with Gasteiger partial charge in [0.05, 0.1) is 0 Å². The minimum atomic E-state index is -0.845. The summed E-state index contributed by atoms with van der Waals surface area (Å²) in [5.41, 5.74) is 6.09. The molecule has 1 atom stereocenters. The molecule has 0 aromatic heterocycles.